The van der Waals surface area contributed by atoms with Crippen molar-refractivity contribution in [2.75, 3.05) is 0 Å². The SMILES string of the molecule is CCCCC(C)n1c(=O)c2c3cc([Si](C)(C)C)c4ccc5ccc6c([Si](C)(C)C)cc(c2c1=O)c1c6c5c4c31. The van der Waals surface area contributed by atoms with Crippen LogP contribution in [0.25, 0.3) is 64.6 Å². The standard InChI is InChI=1S/C34H37NO2Si2/c1-9-10-11-18(2)35-33(36)31-22-16-24(38(3,4)5)20-14-12-19-13-15-21-25(39(6,7)8)17-23(32(31)34(35)37)30-28(21)26(19)27(20)29(22)30/h12-18H,9-11H2,1-8H3. The van der Waals surface area contributed by atoms with Crippen molar-refractivity contribution in [3.63, 3.8) is 0 Å². The second-order valence-electron chi connectivity index (χ2n) is 14.0. The Morgan fingerprint density at radius 1 is 0.641 bits per heavy atom. The third kappa shape index (κ3) is 3.09. The van der Waals surface area contributed by atoms with Crippen LogP contribution in [0.5, 0.6) is 0 Å². The summed E-state index contributed by atoms with van der Waals surface area (Å²) in [5.74, 6) is 0. The van der Waals surface area contributed by atoms with Crippen LogP contribution in [0.15, 0.2) is 46.0 Å². The fraction of sp³-hybridized carbons (Fsp3) is 0.353. The molecule has 7 aromatic rings. The summed E-state index contributed by atoms with van der Waals surface area (Å²) in [6, 6.07) is 13.7. The molecule has 1 atom stereocenters. The third-order valence-electron chi connectivity index (χ3n) is 9.32. The molecule has 0 aliphatic rings. The van der Waals surface area contributed by atoms with E-state index in [1.807, 2.05) is 6.92 Å². The van der Waals surface area contributed by atoms with E-state index in [0.717, 1.165) is 30.0 Å². The maximum atomic E-state index is 14.3. The summed E-state index contributed by atoms with van der Waals surface area (Å²) in [5, 5.41) is 16.3. The molecule has 6 aromatic carbocycles. The van der Waals surface area contributed by atoms with E-state index in [1.165, 1.54) is 53.5 Å². The number of rotatable bonds is 6. The van der Waals surface area contributed by atoms with E-state index in [1.54, 1.807) is 4.57 Å². The van der Waals surface area contributed by atoms with E-state index in [9.17, 15) is 9.59 Å². The molecular weight excluding hydrogens is 511 g/mol. The molecule has 0 N–H and O–H groups in total. The molecule has 1 aromatic heterocycles. The normalized spacial score (nSPS) is 14.6. The Balaban J connectivity index is 1.85. The van der Waals surface area contributed by atoms with Crippen molar-refractivity contribution in [3.05, 3.63) is 57.1 Å². The molecule has 0 spiro atoms. The van der Waals surface area contributed by atoms with Gasteiger partial charge >= 0.3 is 0 Å². The molecule has 5 heteroatoms. The van der Waals surface area contributed by atoms with Crippen LogP contribution in [-0.2, 0) is 0 Å². The molecule has 0 fully saturated rings. The molecule has 39 heavy (non-hydrogen) atoms. The average Bonchev–Trinajstić information content (AvgIpc) is 3.36. The number of nitrogens with zero attached hydrogens (tertiary/aromatic N) is 1. The minimum atomic E-state index is -1.78. The molecule has 3 nitrogen and oxygen atoms in total. The zero-order valence-electron chi connectivity index (χ0n) is 24.4. The van der Waals surface area contributed by atoms with Crippen LogP contribution in [-0.4, -0.2) is 20.7 Å². The summed E-state index contributed by atoms with van der Waals surface area (Å²) in [6.07, 6.45) is 2.90. The number of hydrogen-bond donors (Lipinski definition) is 0. The highest BCUT2D eigenvalue weighted by Crippen LogP contribution is 2.49. The van der Waals surface area contributed by atoms with Gasteiger partial charge in [0.15, 0.2) is 0 Å². The molecule has 0 saturated carbocycles. The number of benzene rings is 5. The van der Waals surface area contributed by atoms with Crippen molar-refractivity contribution in [3.8, 4) is 0 Å². The maximum absolute atomic E-state index is 14.3. The van der Waals surface area contributed by atoms with Crippen LogP contribution < -0.4 is 21.5 Å². The second-order valence-corrected chi connectivity index (χ2v) is 24.1. The first kappa shape index (κ1) is 25.0. The minimum Gasteiger partial charge on any atom is -0.271 e. The van der Waals surface area contributed by atoms with E-state index in [4.69, 9.17) is 0 Å². The first-order valence-corrected chi connectivity index (χ1v) is 21.5. The van der Waals surface area contributed by atoms with Gasteiger partial charge in [-0.25, -0.2) is 0 Å². The lowest BCUT2D eigenvalue weighted by atomic mass is 9.95. The van der Waals surface area contributed by atoms with Gasteiger partial charge in [0, 0.05) is 6.04 Å². The van der Waals surface area contributed by atoms with Crippen LogP contribution in [0.1, 0.15) is 39.2 Å². The van der Waals surface area contributed by atoms with Gasteiger partial charge in [0.2, 0.25) is 0 Å². The van der Waals surface area contributed by atoms with Gasteiger partial charge in [-0.1, -0.05) is 106 Å². The second kappa shape index (κ2) is 7.79. The van der Waals surface area contributed by atoms with Gasteiger partial charge in [0.1, 0.15) is 0 Å². The van der Waals surface area contributed by atoms with Crippen molar-refractivity contribution in [1.29, 1.82) is 0 Å². The Morgan fingerprint density at radius 3 is 1.49 bits per heavy atom. The van der Waals surface area contributed by atoms with Gasteiger partial charge in [0.25, 0.3) is 11.1 Å². The predicted octanol–water partition coefficient (Wildman–Crippen LogP) is 7.72. The molecule has 1 heterocycles. The summed E-state index contributed by atoms with van der Waals surface area (Å²) in [7, 11) is -3.57. The molecule has 0 radical (unpaired) electrons. The molecule has 1 unspecified atom stereocenters. The number of hydrogen-bond acceptors (Lipinski definition) is 2. The Kier molecular flexibility index (Phi) is 4.99. The summed E-state index contributed by atoms with van der Waals surface area (Å²) in [5.41, 5.74) is -0.196. The van der Waals surface area contributed by atoms with Crippen molar-refractivity contribution >= 4 is 91.2 Å². The van der Waals surface area contributed by atoms with Crippen molar-refractivity contribution in [1.82, 2.24) is 4.57 Å². The number of aromatic nitrogens is 1. The summed E-state index contributed by atoms with van der Waals surface area (Å²) >= 11 is 0. The van der Waals surface area contributed by atoms with Gasteiger partial charge in [0.05, 0.1) is 26.9 Å². The van der Waals surface area contributed by atoms with E-state index >= 15 is 0 Å². The van der Waals surface area contributed by atoms with E-state index in [2.05, 4.69) is 82.6 Å². The Labute approximate surface area is 230 Å². The van der Waals surface area contributed by atoms with Crippen LogP contribution in [0.4, 0.5) is 0 Å². The van der Waals surface area contributed by atoms with Crippen LogP contribution >= 0.6 is 0 Å². The fourth-order valence-corrected chi connectivity index (χ4v) is 10.7. The molecular formula is C34H37NO2Si2. The number of unbranched alkanes of at least 4 members (excludes halogenated alkanes) is 1. The highest BCUT2D eigenvalue weighted by Gasteiger charge is 2.32. The fourth-order valence-electron chi connectivity index (χ4n) is 7.47. The highest BCUT2D eigenvalue weighted by atomic mass is 28.3. The minimum absolute atomic E-state index is 0.0980. The summed E-state index contributed by atoms with van der Waals surface area (Å²) in [6.45, 7) is 18.5. The molecule has 0 bridgehead atoms. The Morgan fingerprint density at radius 2 is 1.08 bits per heavy atom. The maximum Gasteiger partial charge on any atom is 0.262 e. The highest BCUT2D eigenvalue weighted by molar-refractivity contribution is 6.91. The van der Waals surface area contributed by atoms with Gasteiger partial charge < -0.3 is 0 Å². The van der Waals surface area contributed by atoms with Crippen LogP contribution in [0.3, 0.4) is 0 Å². The molecule has 0 saturated heterocycles. The van der Waals surface area contributed by atoms with Crippen molar-refractivity contribution < 1.29 is 0 Å². The van der Waals surface area contributed by atoms with Crippen LogP contribution in [0, 0.1) is 0 Å². The number of fused-ring (bicyclic) bond motifs is 3. The molecule has 0 aliphatic carbocycles. The Bertz CT molecular complexity index is 2040. The smallest absolute Gasteiger partial charge is 0.262 e. The van der Waals surface area contributed by atoms with E-state index < -0.39 is 16.1 Å². The van der Waals surface area contributed by atoms with Crippen molar-refractivity contribution in [2.24, 2.45) is 0 Å². The topological polar surface area (TPSA) is 39.1 Å². The lowest BCUT2D eigenvalue weighted by Crippen LogP contribution is -2.38. The largest absolute Gasteiger partial charge is 0.271 e. The van der Waals surface area contributed by atoms with Gasteiger partial charge in [-0.15, -0.1) is 0 Å². The summed E-state index contributed by atoms with van der Waals surface area (Å²) in [4.78, 5) is 28.6. The molecule has 0 aliphatic heterocycles. The lowest BCUT2D eigenvalue weighted by Gasteiger charge is -2.21. The quantitative estimate of drug-likeness (QED) is 0.158. The van der Waals surface area contributed by atoms with E-state index in [0.29, 0.717) is 10.8 Å². The van der Waals surface area contributed by atoms with E-state index in [-0.39, 0.29) is 17.2 Å². The van der Waals surface area contributed by atoms with Crippen molar-refractivity contribution in [2.45, 2.75) is 78.4 Å². The zero-order chi connectivity index (χ0) is 27.8. The monoisotopic (exact) mass is 547 g/mol. The molecule has 0 amide bonds. The van der Waals surface area contributed by atoms with Gasteiger partial charge in [-0.05, 0) is 67.2 Å². The first-order valence-electron chi connectivity index (χ1n) is 14.5. The first-order chi connectivity index (χ1) is 18.4. The molecule has 198 valence electrons. The third-order valence-corrected chi connectivity index (χ3v) is 13.4. The molecule has 7 rings (SSSR count). The van der Waals surface area contributed by atoms with Crippen LogP contribution in [0.2, 0.25) is 39.3 Å². The van der Waals surface area contributed by atoms with Gasteiger partial charge in [-0.3, -0.25) is 14.2 Å². The zero-order valence-corrected chi connectivity index (χ0v) is 26.4. The average molecular weight is 548 g/mol. The summed E-state index contributed by atoms with van der Waals surface area (Å²) < 4.78 is 1.59. The predicted molar refractivity (Wildman–Crippen MR) is 177 cm³/mol. The lowest BCUT2D eigenvalue weighted by molar-refractivity contribution is 0.470. The van der Waals surface area contributed by atoms with Gasteiger partial charge in [-0.2, -0.15) is 0 Å². The Hall–Kier alpha value is -3.03.